The summed E-state index contributed by atoms with van der Waals surface area (Å²) in [5.74, 6) is -1.20. The zero-order chi connectivity index (χ0) is 23.1. The van der Waals surface area contributed by atoms with E-state index in [2.05, 4.69) is 20.9 Å². The van der Waals surface area contributed by atoms with Crippen LogP contribution in [0.15, 0.2) is 36.4 Å². The molecule has 34 heavy (non-hydrogen) atoms. The van der Waals surface area contributed by atoms with Crippen LogP contribution >= 0.6 is 0 Å². The second-order valence-electron chi connectivity index (χ2n) is 8.95. The number of ether oxygens (including phenoxy) is 1. The van der Waals surface area contributed by atoms with Gasteiger partial charge < -0.3 is 20.0 Å². The van der Waals surface area contributed by atoms with Crippen molar-refractivity contribution < 1.29 is 19.1 Å². The Hall–Kier alpha value is -4.17. The molecule has 168 valence electrons. The number of para-hydroxylation sites is 1. The topological polar surface area (TPSA) is 119 Å². The maximum Gasteiger partial charge on any atom is 0.320 e. The molecule has 2 amide bonds. The standard InChI is InChI=1S/C26H20N4O4/c27-10-17(31)34-11-12-6-7-14-16(9-12)28-22-18(14)20-21(26(33)29-25(20)32)19-15-5-1-3-13-4-2-8-30(23(13)15)24(19)22/h1,3,5-7,9,28H,2,4,8,10-11,27H2,(H,29,32,33). The number of H-pyrrole nitrogens is 1. The van der Waals surface area contributed by atoms with Crippen LogP contribution in [0.25, 0.3) is 43.6 Å². The van der Waals surface area contributed by atoms with E-state index in [0.717, 1.165) is 68.6 Å². The third-order valence-electron chi connectivity index (χ3n) is 7.09. The van der Waals surface area contributed by atoms with Crippen LogP contribution in [0.1, 0.15) is 38.3 Å². The first-order chi connectivity index (χ1) is 16.6. The van der Waals surface area contributed by atoms with Gasteiger partial charge in [0.25, 0.3) is 11.8 Å². The zero-order valence-corrected chi connectivity index (χ0v) is 18.2. The van der Waals surface area contributed by atoms with Gasteiger partial charge in [-0.15, -0.1) is 0 Å². The number of aromatic amines is 1. The average molecular weight is 452 g/mol. The Labute approximate surface area is 192 Å². The van der Waals surface area contributed by atoms with E-state index in [1.54, 1.807) is 0 Å². The lowest BCUT2D eigenvalue weighted by molar-refractivity contribution is -0.143. The molecule has 2 aliphatic rings. The Morgan fingerprint density at radius 2 is 1.85 bits per heavy atom. The van der Waals surface area contributed by atoms with E-state index in [9.17, 15) is 14.4 Å². The third kappa shape index (κ3) is 2.38. The van der Waals surface area contributed by atoms with Crippen LogP contribution < -0.4 is 11.1 Å². The largest absolute Gasteiger partial charge is 0.460 e. The number of nitrogens with zero attached hydrogens (tertiary/aromatic N) is 1. The second-order valence-corrected chi connectivity index (χ2v) is 8.95. The number of carbonyl (C=O) groups excluding carboxylic acids is 3. The summed E-state index contributed by atoms with van der Waals surface area (Å²) in [5.41, 5.74) is 12.0. The molecule has 8 nitrogen and oxygen atoms in total. The molecule has 0 spiro atoms. The first-order valence-electron chi connectivity index (χ1n) is 11.3. The van der Waals surface area contributed by atoms with Crippen LogP contribution in [0.2, 0.25) is 0 Å². The summed E-state index contributed by atoms with van der Waals surface area (Å²) < 4.78 is 7.48. The highest BCUT2D eigenvalue weighted by molar-refractivity contribution is 6.39. The van der Waals surface area contributed by atoms with Gasteiger partial charge in [-0.2, -0.15) is 0 Å². The number of carbonyl (C=O) groups is 3. The molecule has 0 saturated carbocycles. The average Bonchev–Trinajstić information content (AvgIpc) is 3.48. The van der Waals surface area contributed by atoms with E-state index in [1.165, 1.54) is 5.56 Å². The van der Waals surface area contributed by atoms with Gasteiger partial charge >= 0.3 is 5.97 Å². The predicted molar refractivity (Wildman–Crippen MR) is 128 cm³/mol. The molecule has 2 aromatic heterocycles. The highest BCUT2D eigenvalue weighted by Crippen LogP contribution is 2.45. The predicted octanol–water partition coefficient (Wildman–Crippen LogP) is 3.26. The maximum atomic E-state index is 13.1. The van der Waals surface area contributed by atoms with Crippen molar-refractivity contribution in [3.05, 3.63) is 58.7 Å². The van der Waals surface area contributed by atoms with Crippen molar-refractivity contribution in [2.75, 3.05) is 6.54 Å². The molecular weight excluding hydrogens is 432 g/mol. The van der Waals surface area contributed by atoms with E-state index < -0.39 is 5.97 Å². The van der Waals surface area contributed by atoms with Crippen LogP contribution in [0.3, 0.4) is 0 Å². The van der Waals surface area contributed by atoms with Gasteiger partial charge in [0.1, 0.15) is 6.61 Å². The number of nitrogens with one attached hydrogen (secondary N) is 2. The Bertz CT molecular complexity index is 1760. The smallest absolute Gasteiger partial charge is 0.320 e. The van der Waals surface area contributed by atoms with Crippen LogP contribution in [0.5, 0.6) is 0 Å². The molecule has 2 aliphatic heterocycles. The molecule has 0 bridgehead atoms. The number of aryl methyl sites for hydroxylation is 2. The Kier molecular flexibility index (Phi) is 3.79. The first kappa shape index (κ1) is 19.3. The molecule has 5 aromatic rings. The minimum atomic E-state index is -0.471. The van der Waals surface area contributed by atoms with Crippen molar-refractivity contribution in [1.82, 2.24) is 14.9 Å². The number of aromatic nitrogens is 2. The van der Waals surface area contributed by atoms with Gasteiger partial charge in [0.2, 0.25) is 0 Å². The summed E-state index contributed by atoms with van der Waals surface area (Å²) in [6, 6.07) is 11.9. The summed E-state index contributed by atoms with van der Waals surface area (Å²) in [6.07, 6.45) is 2.00. The number of hydrogen-bond donors (Lipinski definition) is 3. The van der Waals surface area contributed by atoms with Crippen molar-refractivity contribution in [3.63, 3.8) is 0 Å². The van der Waals surface area contributed by atoms with E-state index in [-0.39, 0.29) is 25.0 Å². The van der Waals surface area contributed by atoms with Crippen LogP contribution in [0.4, 0.5) is 0 Å². The fourth-order valence-electron chi connectivity index (χ4n) is 5.78. The molecule has 0 saturated heterocycles. The number of hydrogen-bond acceptors (Lipinski definition) is 5. The van der Waals surface area contributed by atoms with Crippen molar-refractivity contribution in [2.45, 2.75) is 26.0 Å². The molecule has 0 aliphatic carbocycles. The number of fused-ring (bicyclic) bond motifs is 10. The van der Waals surface area contributed by atoms with E-state index in [4.69, 9.17) is 10.5 Å². The van der Waals surface area contributed by atoms with Crippen LogP contribution in [-0.2, 0) is 29.1 Å². The highest BCUT2D eigenvalue weighted by Gasteiger charge is 2.36. The molecular formula is C26H20N4O4. The Balaban J connectivity index is 1.62. The third-order valence-corrected chi connectivity index (χ3v) is 7.09. The highest BCUT2D eigenvalue weighted by atomic mass is 16.5. The number of nitrogens with two attached hydrogens (primary N) is 1. The lowest BCUT2D eigenvalue weighted by Crippen LogP contribution is -2.20. The van der Waals surface area contributed by atoms with Gasteiger partial charge in [0.15, 0.2) is 0 Å². The quantitative estimate of drug-likeness (QED) is 0.287. The lowest BCUT2D eigenvalue weighted by atomic mass is 9.96. The van der Waals surface area contributed by atoms with Crippen molar-refractivity contribution in [1.29, 1.82) is 0 Å². The zero-order valence-electron chi connectivity index (χ0n) is 18.2. The summed E-state index contributed by atoms with van der Waals surface area (Å²) in [4.78, 5) is 41.1. The van der Waals surface area contributed by atoms with Gasteiger partial charge in [-0.1, -0.05) is 30.3 Å². The van der Waals surface area contributed by atoms with E-state index in [1.807, 2.05) is 30.3 Å². The summed E-state index contributed by atoms with van der Waals surface area (Å²) in [5, 5.41) is 5.95. The molecule has 0 unspecified atom stereocenters. The number of amides is 2. The maximum absolute atomic E-state index is 13.1. The summed E-state index contributed by atoms with van der Waals surface area (Å²) in [7, 11) is 0. The van der Waals surface area contributed by atoms with Crippen molar-refractivity contribution in [2.24, 2.45) is 5.73 Å². The van der Waals surface area contributed by atoms with Gasteiger partial charge in [0, 0.05) is 33.6 Å². The van der Waals surface area contributed by atoms with Crippen molar-refractivity contribution >= 4 is 61.4 Å². The SMILES string of the molecule is NCC(=O)OCc1ccc2c(c1)[nH]c1c2c2c(c3c4cccc5c4n(c13)CCC5)C(=O)NC2=O. The van der Waals surface area contributed by atoms with Crippen LogP contribution in [-0.4, -0.2) is 33.9 Å². The normalized spacial score (nSPS) is 15.0. The van der Waals surface area contributed by atoms with Gasteiger partial charge in [-0.3, -0.25) is 19.7 Å². The lowest BCUT2D eigenvalue weighted by Gasteiger charge is -2.16. The number of esters is 1. The number of imide groups is 1. The van der Waals surface area contributed by atoms with Crippen LogP contribution in [0, 0.1) is 0 Å². The molecule has 3 aromatic carbocycles. The Morgan fingerprint density at radius 3 is 2.68 bits per heavy atom. The van der Waals surface area contributed by atoms with Gasteiger partial charge in [0.05, 0.1) is 34.2 Å². The molecule has 0 atom stereocenters. The first-order valence-corrected chi connectivity index (χ1v) is 11.3. The van der Waals surface area contributed by atoms with E-state index >= 15 is 0 Å². The number of benzene rings is 3. The van der Waals surface area contributed by atoms with Crippen molar-refractivity contribution in [3.8, 4) is 0 Å². The second kappa shape index (κ2) is 6.68. The minimum Gasteiger partial charge on any atom is -0.460 e. The molecule has 7 rings (SSSR count). The van der Waals surface area contributed by atoms with Gasteiger partial charge in [-0.05, 0) is 30.0 Å². The van der Waals surface area contributed by atoms with E-state index in [0.29, 0.717) is 11.1 Å². The molecule has 0 radical (unpaired) electrons. The summed E-state index contributed by atoms with van der Waals surface area (Å²) >= 11 is 0. The molecule has 4 heterocycles. The molecule has 8 heteroatoms. The fourth-order valence-corrected chi connectivity index (χ4v) is 5.78. The summed E-state index contributed by atoms with van der Waals surface area (Å²) in [6.45, 7) is 0.780. The Morgan fingerprint density at radius 1 is 1.03 bits per heavy atom. The number of rotatable bonds is 3. The monoisotopic (exact) mass is 452 g/mol. The van der Waals surface area contributed by atoms with Gasteiger partial charge in [-0.25, -0.2) is 0 Å². The molecule has 0 fully saturated rings. The minimum absolute atomic E-state index is 0.109. The fraction of sp³-hybridized carbons (Fsp3) is 0.192. The molecule has 4 N–H and O–H groups in total.